The summed E-state index contributed by atoms with van der Waals surface area (Å²) in [5, 5.41) is 6.64. The van der Waals surface area contributed by atoms with Crippen LogP contribution in [-0.4, -0.2) is 52.0 Å². The second-order valence-electron chi connectivity index (χ2n) is 4.53. The smallest absolute Gasteiger partial charge is 0.191 e. The molecule has 0 spiro atoms. The van der Waals surface area contributed by atoms with E-state index in [-0.39, 0.29) is 24.0 Å². The predicted octanol–water partition coefficient (Wildman–Crippen LogP) is 2.40. The van der Waals surface area contributed by atoms with Crippen LogP contribution in [0.1, 0.15) is 40.0 Å². The van der Waals surface area contributed by atoms with E-state index >= 15 is 0 Å². The first-order valence-corrected chi connectivity index (χ1v) is 7.36. The minimum absolute atomic E-state index is 0. The molecule has 0 bridgehead atoms. The number of aliphatic imine (C=N–C) groups is 1. The Balaban J connectivity index is 0. The maximum Gasteiger partial charge on any atom is 0.191 e. The summed E-state index contributed by atoms with van der Waals surface area (Å²) in [5.41, 5.74) is 0. The summed E-state index contributed by atoms with van der Waals surface area (Å²) in [5.74, 6) is 0.914. The van der Waals surface area contributed by atoms with Crippen LogP contribution in [0.4, 0.5) is 0 Å². The van der Waals surface area contributed by atoms with E-state index in [1.54, 1.807) is 7.11 Å². The standard InChI is InChI=1S/C14H31N3O2.HI/c1-5-13(3)17-14(15-6-2)16-9-7-8-10-19-12-11-18-4;/h13H,5-12H2,1-4H3,(H2,15,16,17);1H. The Hall–Kier alpha value is -0.0800. The Morgan fingerprint density at radius 1 is 1.15 bits per heavy atom. The maximum atomic E-state index is 5.41. The normalized spacial score (nSPS) is 12.7. The van der Waals surface area contributed by atoms with Gasteiger partial charge in [-0.15, -0.1) is 24.0 Å². The molecule has 0 heterocycles. The first-order valence-electron chi connectivity index (χ1n) is 7.36. The molecule has 20 heavy (non-hydrogen) atoms. The Bertz CT molecular complexity index is 228. The van der Waals surface area contributed by atoms with E-state index in [1.165, 1.54) is 0 Å². The van der Waals surface area contributed by atoms with Gasteiger partial charge in [-0.2, -0.15) is 0 Å². The highest BCUT2D eigenvalue weighted by Crippen LogP contribution is 1.93. The number of nitrogens with one attached hydrogen (secondary N) is 2. The van der Waals surface area contributed by atoms with E-state index in [0.29, 0.717) is 19.3 Å². The second-order valence-corrected chi connectivity index (χ2v) is 4.53. The highest BCUT2D eigenvalue weighted by Gasteiger charge is 2.01. The average Bonchev–Trinajstić information content (AvgIpc) is 2.41. The molecular weight excluding hydrogens is 369 g/mol. The van der Waals surface area contributed by atoms with Crippen molar-refractivity contribution >= 4 is 29.9 Å². The zero-order valence-corrected chi connectivity index (χ0v) is 15.7. The molecule has 0 aliphatic carbocycles. The van der Waals surface area contributed by atoms with E-state index in [0.717, 1.165) is 44.9 Å². The first-order chi connectivity index (χ1) is 9.24. The number of ether oxygens (including phenoxy) is 2. The van der Waals surface area contributed by atoms with Crippen molar-refractivity contribution in [2.45, 2.75) is 46.1 Å². The minimum atomic E-state index is 0. The van der Waals surface area contributed by atoms with Crippen LogP contribution in [0, 0.1) is 0 Å². The number of hydrogen-bond donors (Lipinski definition) is 2. The molecular formula is C14H32IN3O2. The Labute approximate surface area is 141 Å². The number of halogens is 1. The lowest BCUT2D eigenvalue weighted by Gasteiger charge is -2.16. The number of rotatable bonds is 11. The minimum Gasteiger partial charge on any atom is -0.382 e. The van der Waals surface area contributed by atoms with E-state index in [2.05, 4.69) is 36.4 Å². The van der Waals surface area contributed by atoms with Gasteiger partial charge in [-0.1, -0.05) is 6.92 Å². The van der Waals surface area contributed by atoms with Crippen LogP contribution < -0.4 is 10.6 Å². The van der Waals surface area contributed by atoms with Gasteiger partial charge in [0.05, 0.1) is 13.2 Å². The maximum absolute atomic E-state index is 5.41. The molecule has 6 heteroatoms. The van der Waals surface area contributed by atoms with Crippen molar-refractivity contribution < 1.29 is 9.47 Å². The fraction of sp³-hybridized carbons (Fsp3) is 0.929. The van der Waals surface area contributed by atoms with Gasteiger partial charge in [-0.05, 0) is 33.1 Å². The lowest BCUT2D eigenvalue weighted by atomic mass is 10.3. The van der Waals surface area contributed by atoms with Crippen molar-refractivity contribution in [3.05, 3.63) is 0 Å². The Morgan fingerprint density at radius 3 is 2.50 bits per heavy atom. The summed E-state index contributed by atoms with van der Waals surface area (Å²) in [6, 6.07) is 0.454. The van der Waals surface area contributed by atoms with Gasteiger partial charge in [0.25, 0.3) is 0 Å². The molecule has 0 aliphatic rings. The molecule has 0 aromatic heterocycles. The molecule has 1 unspecified atom stereocenters. The third-order valence-electron chi connectivity index (χ3n) is 2.74. The number of hydrogen-bond acceptors (Lipinski definition) is 3. The monoisotopic (exact) mass is 401 g/mol. The third-order valence-corrected chi connectivity index (χ3v) is 2.74. The van der Waals surface area contributed by atoms with Crippen molar-refractivity contribution in [2.24, 2.45) is 4.99 Å². The number of guanidine groups is 1. The van der Waals surface area contributed by atoms with Gasteiger partial charge in [0.1, 0.15) is 0 Å². The molecule has 0 rings (SSSR count). The second kappa shape index (κ2) is 17.0. The molecule has 0 saturated heterocycles. The highest BCUT2D eigenvalue weighted by molar-refractivity contribution is 14.0. The molecule has 122 valence electrons. The van der Waals surface area contributed by atoms with Gasteiger partial charge >= 0.3 is 0 Å². The van der Waals surface area contributed by atoms with Crippen molar-refractivity contribution in [2.75, 3.05) is 40.0 Å². The third kappa shape index (κ3) is 14.3. The summed E-state index contributed by atoms with van der Waals surface area (Å²) in [4.78, 5) is 4.55. The summed E-state index contributed by atoms with van der Waals surface area (Å²) < 4.78 is 10.3. The van der Waals surface area contributed by atoms with E-state index in [1.807, 2.05) is 0 Å². The van der Waals surface area contributed by atoms with E-state index in [4.69, 9.17) is 9.47 Å². The molecule has 0 fully saturated rings. The van der Waals surface area contributed by atoms with Crippen LogP contribution in [0.25, 0.3) is 0 Å². The van der Waals surface area contributed by atoms with Gasteiger partial charge < -0.3 is 20.1 Å². The van der Waals surface area contributed by atoms with Crippen LogP contribution in [0.5, 0.6) is 0 Å². The highest BCUT2D eigenvalue weighted by atomic mass is 127. The van der Waals surface area contributed by atoms with Crippen LogP contribution in [0.15, 0.2) is 4.99 Å². The SMILES string of the molecule is CCNC(=NCCCCOCCOC)NC(C)CC.I. The Morgan fingerprint density at radius 2 is 1.90 bits per heavy atom. The lowest BCUT2D eigenvalue weighted by molar-refractivity contribution is 0.0690. The van der Waals surface area contributed by atoms with E-state index in [9.17, 15) is 0 Å². The fourth-order valence-electron chi connectivity index (χ4n) is 1.41. The largest absolute Gasteiger partial charge is 0.382 e. The zero-order valence-electron chi connectivity index (χ0n) is 13.4. The van der Waals surface area contributed by atoms with Crippen LogP contribution in [-0.2, 0) is 9.47 Å². The summed E-state index contributed by atoms with van der Waals surface area (Å²) in [7, 11) is 1.69. The van der Waals surface area contributed by atoms with Gasteiger partial charge in [-0.25, -0.2) is 0 Å². The molecule has 0 radical (unpaired) electrons. The van der Waals surface area contributed by atoms with E-state index < -0.39 is 0 Å². The van der Waals surface area contributed by atoms with Gasteiger partial charge in [-0.3, -0.25) is 4.99 Å². The zero-order chi connectivity index (χ0) is 14.3. The molecule has 0 saturated carbocycles. The van der Waals surface area contributed by atoms with Crippen molar-refractivity contribution in [3.63, 3.8) is 0 Å². The van der Waals surface area contributed by atoms with Crippen LogP contribution in [0.2, 0.25) is 0 Å². The predicted molar refractivity (Wildman–Crippen MR) is 96.2 cm³/mol. The molecule has 1 atom stereocenters. The molecule has 0 amide bonds. The van der Waals surface area contributed by atoms with Crippen molar-refractivity contribution in [3.8, 4) is 0 Å². The average molecular weight is 401 g/mol. The molecule has 0 aliphatic heterocycles. The van der Waals surface area contributed by atoms with Crippen molar-refractivity contribution in [1.82, 2.24) is 10.6 Å². The lowest BCUT2D eigenvalue weighted by Crippen LogP contribution is -2.42. The summed E-state index contributed by atoms with van der Waals surface area (Å²) in [6.07, 6.45) is 3.18. The number of unbranched alkanes of at least 4 members (excludes halogenated alkanes) is 1. The molecule has 0 aromatic carbocycles. The topological polar surface area (TPSA) is 54.9 Å². The Kier molecular flexibility index (Phi) is 18.8. The van der Waals surface area contributed by atoms with Gasteiger partial charge in [0.2, 0.25) is 0 Å². The van der Waals surface area contributed by atoms with Crippen molar-refractivity contribution in [1.29, 1.82) is 0 Å². The fourth-order valence-corrected chi connectivity index (χ4v) is 1.41. The quantitative estimate of drug-likeness (QED) is 0.242. The molecule has 5 nitrogen and oxygen atoms in total. The number of nitrogens with zero attached hydrogens (tertiary/aromatic N) is 1. The van der Waals surface area contributed by atoms with Gasteiger partial charge in [0.15, 0.2) is 5.96 Å². The molecule has 2 N–H and O–H groups in total. The molecule has 0 aromatic rings. The van der Waals surface area contributed by atoms with Crippen LogP contribution >= 0.6 is 24.0 Å². The first kappa shape index (κ1) is 22.2. The number of methoxy groups -OCH3 is 1. The van der Waals surface area contributed by atoms with Crippen LogP contribution in [0.3, 0.4) is 0 Å². The summed E-state index contributed by atoms with van der Waals surface area (Å²) in [6.45, 7) is 10.3. The van der Waals surface area contributed by atoms with Gasteiger partial charge in [0, 0.05) is 32.8 Å². The summed E-state index contributed by atoms with van der Waals surface area (Å²) >= 11 is 0.